The van der Waals surface area contributed by atoms with Gasteiger partial charge in [0.15, 0.2) is 0 Å². The van der Waals surface area contributed by atoms with E-state index in [0.717, 1.165) is 11.1 Å². The molecular formula is C22H24O6. The number of esters is 2. The maximum atomic E-state index is 11.7. The number of benzene rings is 2. The molecular weight excluding hydrogens is 360 g/mol. The van der Waals surface area contributed by atoms with Gasteiger partial charge in [-0.15, -0.1) is 0 Å². The third-order valence-corrected chi connectivity index (χ3v) is 4.29. The summed E-state index contributed by atoms with van der Waals surface area (Å²) in [4.78, 5) is 33.2. The molecule has 0 radical (unpaired) electrons. The fourth-order valence-corrected chi connectivity index (χ4v) is 2.56. The first-order valence-electron chi connectivity index (χ1n) is 9.00. The van der Waals surface area contributed by atoms with Gasteiger partial charge in [0.25, 0.3) is 0 Å². The lowest BCUT2D eigenvalue weighted by Gasteiger charge is -2.10. The van der Waals surface area contributed by atoms with Crippen LogP contribution in [0.5, 0.6) is 0 Å². The zero-order valence-electron chi connectivity index (χ0n) is 16.2. The van der Waals surface area contributed by atoms with E-state index in [0.29, 0.717) is 17.5 Å². The summed E-state index contributed by atoms with van der Waals surface area (Å²) in [6.07, 6.45) is 0.307. The smallest absolute Gasteiger partial charge is 0.338 e. The number of hydrogen-bond donors (Lipinski definition) is 1. The first-order chi connectivity index (χ1) is 13.3. The van der Waals surface area contributed by atoms with E-state index in [9.17, 15) is 14.4 Å². The van der Waals surface area contributed by atoms with E-state index in [1.807, 2.05) is 32.9 Å². The number of carbonyl (C=O) groups is 3. The largest absolute Gasteiger partial charge is 0.478 e. The number of carbonyl (C=O) groups excluding carboxylic acids is 2. The average molecular weight is 384 g/mol. The molecule has 2 atom stereocenters. The van der Waals surface area contributed by atoms with E-state index < -0.39 is 5.97 Å². The minimum atomic E-state index is -0.875. The number of hydrogen-bond acceptors (Lipinski definition) is 5. The summed E-state index contributed by atoms with van der Waals surface area (Å²) in [5, 5.41) is 8.48. The van der Waals surface area contributed by atoms with Crippen LogP contribution in [0.3, 0.4) is 0 Å². The molecule has 2 unspecified atom stereocenters. The molecule has 1 N–H and O–H groups in total. The summed E-state index contributed by atoms with van der Waals surface area (Å²) in [5.74, 6) is -1.58. The van der Waals surface area contributed by atoms with Gasteiger partial charge >= 0.3 is 17.9 Å². The number of cyclic esters (lactones) is 1. The Kier molecular flexibility index (Phi) is 7.32. The van der Waals surface area contributed by atoms with Crippen LogP contribution in [0.2, 0.25) is 0 Å². The van der Waals surface area contributed by atoms with Gasteiger partial charge in [0.1, 0.15) is 12.7 Å². The van der Waals surface area contributed by atoms with Crippen molar-refractivity contribution >= 4 is 17.9 Å². The number of rotatable bonds is 4. The quantitative estimate of drug-likeness (QED) is 0.807. The van der Waals surface area contributed by atoms with Crippen LogP contribution in [0.25, 0.3) is 0 Å². The second kappa shape index (κ2) is 9.69. The Labute approximate surface area is 164 Å². The number of ether oxygens (including phenoxy) is 2. The molecule has 2 aromatic carbocycles. The van der Waals surface area contributed by atoms with Crippen molar-refractivity contribution in [2.75, 3.05) is 6.61 Å². The van der Waals surface area contributed by atoms with Crippen LogP contribution in [0.4, 0.5) is 0 Å². The van der Waals surface area contributed by atoms with Crippen molar-refractivity contribution < 1.29 is 29.0 Å². The van der Waals surface area contributed by atoms with Gasteiger partial charge in [0.05, 0.1) is 17.0 Å². The molecule has 0 bridgehead atoms. The lowest BCUT2D eigenvalue weighted by Crippen LogP contribution is -2.18. The van der Waals surface area contributed by atoms with Crippen molar-refractivity contribution in [3.63, 3.8) is 0 Å². The molecule has 6 nitrogen and oxygen atoms in total. The Morgan fingerprint density at radius 2 is 1.50 bits per heavy atom. The minimum Gasteiger partial charge on any atom is -0.478 e. The molecule has 0 spiro atoms. The van der Waals surface area contributed by atoms with Crippen molar-refractivity contribution in [1.82, 2.24) is 0 Å². The Bertz CT molecular complexity index is 823. The molecule has 6 heteroatoms. The number of carboxylic acid groups (broad SMARTS) is 1. The minimum absolute atomic E-state index is 0.104. The van der Waals surface area contributed by atoms with Gasteiger partial charge in [-0.3, -0.25) is 4.79 Å². The maximum Gasteiger partial charge on any atom is 0.338 e. The molecule has 0 amide bonds. The third-order valence-electron chi connectivity index (χ3n) is 4.29. The summed E-state index contributed by atoms with van der Waals surface area (Å²) in [6.45, 7) is 5.81. The lowest BCUT2D eigenvalue weighted by atomic mass is 10.1. The van der Waals surface area contributed by atoms with Gasteiger partial charge in [-0.25, -0.2) is 9.59 Å². The highest BCUT2D eigenvalue weighted by atomic mass is 16.6. The average Bonchev–Trinajstić information content (AvgIpc) is 2.99. The summed E-state index contributed by atoms with van der Waals surface area (Å²) in [5.41, 5.74) is 3.01. The Balaban J connectivity index is 0.000000237. The normalized spacial score (nSPS) is 17.9. The van der Waals surface area contributed by atoms with Gasteiger partial charge in [-0.1, -0.05) is 42.3 Å². The van der Waals surface area contributed by atoms with E-state index in [-0.39, 0.29) is 30.6 Å². The summed E-state index contributed by atoms with van der Waals surface area (Å²) < 4.78 is 10.2. The summed E-state index contributed by atoms with van der Waals surface area (Å²) >= 11 is 0. The molecule has 1 aliphatic heterocycles. The molecule has 0 aliphatic carbocycles. The van der Waals surface area contributed by atoms with Gasteiger partial charge in [-0.2, -0.15) is 0 Å². The highest BCUT2D eigenvalue weighted by Gasteiger charge is 2.31. The molecule has 0 aromatic heterocycles. The molecule has 3 rings (SSSR count). The predicted molar refractivity (Wildman–Crippen MR) is 103 cm³/mol. The van der Waals surface area contributed by atoms with E-state index in [1.54, 1.807) is 36.4 Å². The SMILES string of the molecule is Cc1ccc(C(=O)O)cc1.Cc1ccc(C(=O)OCC2CC(C)C(=O)O2)cc1. The fraction of sp³-hybridized carbons (Fsp3) is 0.318. The number of aryl methyl sites for hydroxylation is 2. The zero-order valence-corrected chi connectivity index (χ0v) is 16.2. The monoisotopic (exact) mass is 384 g/mol. The van der Waals surface area contributed by atoms with E-state index in [1.165, 1.54) is 0 Å². The van der Waals surface area contributed by atoms with Crippen molar-refractivity contribution in [2.24, 2.45) is 5.92 Å². The molecule has 148 valence electrons. The van der Waals surface area contributed by atoms with Crippen molar-refractivity contribution in [3.8, 4) is 0 Å². The van der Waals surface area contributed by atoms with Gasteiger partial charge in [0, 0.05) is 6.42 Å². The zero-order chi connectivity index (χ0) is 20.7. The predicted octanol–water partition coefficient (Wildman–Crippen LogP) is 3.80. The second-order valence-electron chi connectivity index (χ2n) is 6.83. The van der Waals surface area contributed by atoms with Crippen LogP contribution in [0.15, 0.2) is 48.5 Å². The van der Waals surface area contributed by atoms with Crippen LogP contribution < -0.4 is 0 Å². The van der Waals surface area contributed by atoms with Crippen LogP contribution in [-0.4, -0.2) is 35.7 Å². The third kappa shape index (κ3) is 6.23. The van der Waals surface area contributed by atoms with Gasteiger partial charge in [-0.05, 0) is 38.1 Å². The van der Waals surface area contributed by atoms with Crippen molar-refractivity contribution in [1.29, 1.82) is 0 Å². The molecule has 1 heterocycles. The Hall–Kier alpha value is -3.15. The number of carboxylic acids is 1. The fourth-order valence-electron chi connectivity index (χ4n) is 2.56. The van der Waals surface area contributed by atoms with Crippen LogP contribution in [0.1, 0.15) is 45.2 Å². The number of aromatic carboxylic acids is 1. The molecule has 28 heavy (non-hydrogen) atoms. The van der Waals surface area contributed by atoms with Crippen LogP contribution in [0, 0.1) is 19.8 Å². The van der Waals surface area contributed by atoms with E-state index >= 15 is 0 Å². The highest BCUT2D eigenvalue weighted by molar-refractivity contribution is 5.89. The summed E-state index contributed by atoms with van der Waals surface area (Å²) in [6, 6.07) is 13.9. The Morgan fingerprint density at radius 3 is 1.93 bits per heavy atom. The van der Waals surface area contributed by atoms with Gasteiger partial charge in [0.2, 0.25) is 0 Å². The Morgan fingerprint density at radius 1 is 1.00 bits per heavy atom. The highest BCUT2D eigenvalue weighted by Crippen LogP contribution is 2.20. The van der Waals surface area contributed by atoms with E-state index in [4.69, 9.17) is 14.6 Å². The van der Waals surface area contributed by atoms with Crippen molar-refractivity contribution in [3.05, 3.63) is 70.8 Å². The molecule has 1 saturated heterocycles. The van der Waals surface area contributed by atoms with Crippen LogP contribution in [-0.2, 0) is 14.3 Å². The lowest BCUT2D eigenvalue weighted by molar-refractivity contribution is -0.145. The molecule has 0 saturated carbocycles. The topological polar surface area (TPSA) is 89.9 Å². The second-order valence-corrected chi connectivity index (χ2v) is 6.83. The van der Waals surface area contributed by atoms with Crippen molar-refractivity contribution in [2.45, 2.75) is 33.3 Å². The molecule has 1 fully saturated rings. The molecule has 2 aromatic rings. The van der Waals surface area contributed by atoms with E-state index in [2.05, 4.69) is 0 Å². The van der Waals surface area contributed by atoms with Gasteiger partial charge < -0.3 is 14.6 Å². The molecule has 1 aliphatic rings. The summed E-state index contributed by atoms with van der Waals surface area (Å²) in [7, 11) is 0. The standard InChI is InChI=1S/C14H16O4.C8H8O2/c1-9-3-5-11(6-4-9)14(16)17-8-12-7-10(2)13(15)18-12;1-6-2-4-7(5-3-6)8(9)10/h3-6,10,12H,7-8H2,1-2H3;2-5H,1H3,(H,9,10). The first-order valence-corrected chi connectivity index (χ1v) is 9.00. The maximum absolute atomic E-state index is 11.7. The first kappa shape index (κ1) is 21.2. The van der Waals surface area contributed by atoms with Crippen LogP contribution >= 0.6 is 0 Å².